The predicted molar refractivity (Wildman–Crippen MR) is 74.6 cm³/mol. The second-order valence-electron chi connectivity index (χ2n) is 3.07. The molecule has 82 valence electrons. The number of rotatable bonds is 2. The number of nitrogen functional groups attached to an aromatic ring is 1. The molecule has 1 aromatic heterocycles. The van der Waals surface area contributed by atoms with Crippen molar-refractivity contribution in [2.24, 2.45) is 0 Å². The third-order valence-electron chi connectivity index (χ3n) is 1.93. The molecule has 0 radical (unpaired) electrons. The Hall–Kier alpha value is -0.520. The van der Waals surface area contributed by atoms with E-state index in [4.69, 9.17) is 5.73 Å². The van der Waals surface area contributed by atoms with Crippen molar-refractivity contribution in [3.05, 3.63) is 45.6 Å². The van der Waals surface area contributed by atoms with Gasteiger partial charge in [0.05, 0.1) is 21.3 Å². The monoisotopic (exact) mass is 358 g/mol. The third-order valence-corrected chi connectivity index (χ3v) is 4.98. The third kappa shape index (κ3) is 2.59. The quantitative estimate of drug-likeness (QED) is 0.866. The van der Waals surface area contributed by atoms with E-state index in [9.17, 15) is 0 Å². The standard InChI is InChI=1S/C11H8Br2N2S/c12-7-3-1-2-4-10(7)16-11-8(13)5-15-6-9(11)14/h1-6H,14H2. The van der Waals surface area contributed by atoms with E-state index in [1.54, 1.807) is 24.2 Å². The Kier molecular flexibility index (Phi) is 3.89. The van der Waals surface area contributed by atoms with Crippen LogP contribution in [0.15, 0.2) is 55.4 Å². The molecule has 0 bridgehead atoms. The van der Waals surface area contributed by atoms with Gasteiger partial charge in [0, 0.05) is 15.6 Å². The molecule has 2 aromatic rings. The maximum absolute atomic E-state index is 5.89. The van der Waals surface area contributed by atoms with Crippen molar-refractivity contribution in [2.75, 3.05) is 5.73 Å². The lowest BCUT2D eigenvalue weighted by molar-refractivity contribution is 1.23. The van der Waals surface area contributed by atoms with Gasteiger partial charge in [-0.25, -0.2) is 0 Å². The second kappa shape index (κ2) is 5.21. The number of hydrogen-bond donors (Lipinski definition) is 1. The molecule has 0 aliphatic carbocycles. The molecule has 5 heteroatoms. The van der Waals surface area contributed by atoms with Gasteiger partial charge in [-0.05, 0) is 44.0 Å². The van der Waals surface area contributed by atoms with Crippen molar-refractivity contribution in [3.8, 4) is 0 Å². The molecule has 2 rings (SSSR count). The maximum atomic E-state index is 5.89. The first-order chi connectivity index (χ1) is 7.68. The Morgan fingerprint density at radius 3 is 2.50 bits per heavy atom. The molecule has 0 atom stereocenters. The van der Waals surface area contributed by atoms with Crippen LogP contribution in [0.25, 0.3) is 0 Å². The summed E-state index contributed by atoms with van der Waals surface area (Å²) in [5.74, 6) is 0. The Bertz CT molecular complexity index is 497. The number of aromatic nitrogens is 1. The minimum absolute atomic E-state index is 0.676. The number of pyridine rings is 1. The van der Waals surface area contributed by atoms with Gasteiger partial charge in [-0.15, -0.1) is 0 Å². The van der Waals surface area contributed by atoms with E-state index in [0.29, 0.717) is 5.69 Å². The number of nitrogens with zero attached hydrogens (tertiary/aromatic N) is 1. The highest BCUT2D eigenvalue weighted by Crippen LogP contribution is 2.39. The van der Waals surface area contributed by atoms with E-state index >= 15 is 0 Å². The molecule has 0 saturated heterocycles. The molecule has 0 unspecified atom stereocenters. The fourth-order valence-corrected chi connectivity index (χ4v) is 3.15. The van der Waals surface area contributed by atoms with Gasteiger partial charge < -0.3 is 5.73 Å². The summed E-state index contributed by atoms with van der Waals surface area (Å²) in [6.07, 6.45) is 3.40. The number of nitrogens with two attached hydrogens (primary N) is 1. The summed E-state index contributed by atoms with van der Waals surface area (Å²) >= 11 is 8.57. The van der Waals surface area contributed by atoms with E-state index in [0.717, 1.165) is 18.7 Å². The minimum atomic E-state index is 0.676. The smallest absolute Gasteiger partial charge is 0.0653 e. The van der Waals surface area contributed by atoms with Crippen molar-refractivity contribution in [1.29, 1.82) is 0 Å². The zero-order valence-corrected chi connectivity index (χ0v) is 12.1. The molecule has 2 N–H and O–H groups in total. The normalized spacial score (nSPS) is 10.4. The SMILES string of the molecule is Nc1cncc(Br)c1Sc1ccccc1Br. The lowest BCUT2D eigenvalue weighted by Crippen LogP contribution is -1.91. The predicted octanol–water partition coefficient (Wildman–Crippen LogP) is 4.34. The van der Waals surface area contributed by atoms with Gasteiger partial charge in [-0.3, -0.25) is 4.98 Å². The van der Waals surface area contributed by atoms with E-state index < -0.39 is 0 Å². The first kappa shape index (κ1) is 12.0. The van der Waals surface area contributed by atoms with Gasteiger partial charge in [0.2, 0.25) is 0 Å². The van der Waals surface area contributed by atoms with Gasteiger partial charge in [-0.1, -0.05) is 23.9 Å². The van der Waals surface area contributed by atoms with E-state index in [1.165, 1.54) is 0 Å². The first-order valence-electron chi connectivity index (χ1n) is 4.50. The van der Waals surface area contributed by atoms with Crippen LogP contribution in [-0.4, -0.2) is 4.98 Å². The Morgan fingerprint density at radius 2 is 1.81 bits per heavy atom. The fraction of sp³-hybridized carbons (Fsp3) is 0. The summed E-state index contributed by atoms with van der Waals surface area (Å²) in [4.78, 5) is 6.13. The summed E-state index contributed by atoms with van der Waals surface area (Å²) in [6, 6.07) is 8.03. The van der Waals surface area contributed by atoms with Crippen LogP contribution in [0.3, 0.4) is 0 Å². The number of halogens is 2. The van der Waals surface area contributed by atoms with E-state index in [2.05, 4.69) is 36.8 Å². The van der Waals surface area contributed by atoms with Crippen LogP contribution >= 0.6 is 43.6 Å². The van der Waals surface area contributed by atoms with Crippen LogP contribution in [0.1, 0.15) is 0 Å². The van der Waals surface area contributed by atoms with Crippen LogP contribution in [0, 0.1) is 0 Å². The molecular weight excluding hydrogens is 352 g/mol. The second-order valence-corrected chi connectivity index (χ2v) is 5.83. The zero-order valence-electron chi connectivity index (χ0n) is 8.15. The molecule has 1 heterocycles. The van der Waals surface area contributed by atoms with Crippen molar-refractivity contribution in [1.82, 2.24) is 4.98 Å². The topological polar surface area (TPSA) is 38.9 Å². The first-order valence-corrected chi connectivity index (χ1v) is 6.90. The van der Waals surface area contributed by atoms with Crippen LogP contribution in [0.5, 0.6) is 0 Å². The lowest BCUT2D eigenvalue weighted by atomic mass is 10.4. The molecule has 2 nitrogen and oxygen atoms in total. The molecule has 16 heavy (non-hydrogen) atoms. The van der Waals surface area contributed by atoms with Gasteiger partial charge in [0.15, 0.2) is 0 Å². The van der Waals surface area contributed by atoms with Gasteiger partial charge >= 0.3 is 0 Å². The van der Waals surface area contributed by atoms with Gasteiger partial charge in [0.1, 0.15) is 0 Å². The molecule has 0 fully saturated rings. The number of benzene rings is 1. The largest absolute Gasteiger partial charge is 0.397 e. The molecular formula is C11H8Br2N2S. The summed E-state index contributed by atoms with van der Waals surface area (Å²) in [7, 11) is 0. The number of anilines is 1. The van der Waals surface area contributed by atoms with Crippen LogP contribution in [0.2, 0.25) is 0 Å². The Balaban J connectivity index is 2.38. The zero-order chi connectivity index (χ0) is 11.5. The Morgan fingerprint density at radius 1 is 1.06 bits per heavy atom. The molecule has 0 aliphatic rings. The van der Waals surface area contributed by atoms with Crippen LogP contribution in [0.4, 0.5) is 5.69 Å². The lowest BCUT2D eigenvalue weighted by Gasteiger charge is -2.08. The highest BCUT2D eigenvalue weighted by atomic mass is 79.9. The van der Waals surface area contributed by atoms with Crippen molar-refractivity contribution >= 4 is 49.3 Å². The summed E-state index contributed by atoms with van der Waals surface area (Å²) in [6.45, 7) is 0. The average Bonchev–Trinajstić information content (AvgIpc) is 2.26. The number of hydrogen-bond acceptors (Lipinski definition) is 3. The summed E-state index contributed by atoms with van der Waals surface area (Å²) in [5.41, 5.74) is 6.57. The van der Waals surface area contributed by atoms with Gasteiger partial charge in [0.25, 0.3) is 0 Å². The molecule has 1 aromatic carbocycles. The summed E-state index contributed by atoms with van der Waals surface area (Å²) in [5, 5.41) is 0. The van der Waals surface area contributed by atoms with Crippen LogP contribution < -0.4 is 5.73 Å². The van der Waals surface area contributed by atoms with Crippen LogP contribution in [-0.2, 0) is 0 Å². The molecule has 0 spiro atoms. The van der Waals surface area contributed by atoms with E-state index in [-0.39, 0.29) is 0 Å². The molecule has 0 amide bonds. The van der Waals surface area contributed by atoms with Crippen molar-refractivity contribution in [3.63, 3.8) is 0 Å². The molecule has 0 saturated carbocycles. The van der Waals surface area contributed by atoms with Gasteiger partial charge in [-0.2, -0.15) is 0 Å². The summed E-state index contributed by atoms with van der Waals surface area (Å²) < 4.78 is 1.97. The minimum Gasteiger partial charge on any atom is -0.397 e. The molecule has 0 aliphatic heterocycles. The Labute approximate surface area is 115 Å². The fourth-order valence-electron chi connectivity index (χ4n) is 1.18. The average molecular weight is 360 g/mol. The highest BCUT2D eigenvalue weighted by molar-refractivity contribution is 9.11. The highest BCUT2D eigenvalue weighted by Gasteiger charge is 2.08. The van der Waals surface area contributed by atoms with E-state index in [1.807, 2.05) is 24.3 Å². The van der Waals surface area contributed by atoms with Crippen molar-refractivity contribution in [2.45, 2.75) is 9.79 Å². The maximum Gasteiger partial charge on any atom is 0.0653 e. The van der Waals surface area contributed by atoms with Crippen molar-refractivity contribution < 1.29 is 0 Å².